The molecule has 4 fully saturated rings. The molecule has 3 N–H and O–H groups in total. The normalized spacial score (nSPS) is 23.1. The lowest BCUT2D eigenvalue weighted by atomic mass is 9.96. The van der Waals surface area contributed by atoms with Crippen molar-refractivity contribution in [3.8, 4) is 0 Å². The van der Waals surface area contributed by atoms with Crippen LogP contribution in [0.15, 0.2) is 82.2 Å². The SMILES string of the molecule is Cc1ccc2onc(C(=O)N3CC[C@H]4CC[C@@H](C(=O)N5C[C@H](c6ccn(C)c(=O)c6)CC56CC6)N4C(=O)[C@@H](NC(=O)c4ccc5ccc([C@@H](F)P(=O)(O)O)cc5c4)C3)c2c1. The zero-order chi connectivity index (χ0) is 42.2. The standard InChI is InChI=1S/C43H44FN6O9P/c1-24-3-10-35-32(17-24)37(46-59-35)42(55)48-16-12-31-8-9-34(41(54)49-22-30(21-43(49)13-14-43)26-11-15-47(2)36(51)20-26)50(31)40(53)33(23-48)45-39(52)28-7-5-25-4-6-27(18-29(25)19-28)38(44)60(56,57)58/h3-7,10-11,15,17-20,30-31,33-34,38H,8-9,12-14,16,21-23H2,1-2H3,(H,45,52)(H2,56,57,58)/t30-,31-,33+,34+,38+/m1/s1. The van der Waals surface area contributed by atoms with Gasteiger partial charge >= 0.3 is 7.60 Å². The molecule has 3 saturated heterocycles. The number of aromatic nitrogens is 2. The van der Waals surface area contributed by atoms with Crippen molar-refractivity contribution in [1.82, 2.24) is 29.7 Å². The van der Waals surface area contributed by atoms with Crippen LogP contribution in [0, 0.1) is 6.92 Å². The lowest BCUT2D eigenvalue weighted by Crippen LogP contribution is -2.61. The Morgan fingerprint density at radius 1 is 0.967 bits per heavy atom. The second-order valence-electron chi connectivity index (χ2n) is 16.8. The molecule has 17 heteroatoms. The molecule has 4 aliphatic rings. The molecule has 5 heterocycles. The van der Waals surface area contributed by atoms with Crippen LogP contribution in [0.2, 0.25) is 0 Å². The summed E-state index contributed by atoms with van der Waals surface area (Å²) < 4.78 is 33.3. The maximum absolute atomic E-state index is 15.0. The summed E-state index contributed by atoms with van der Waals surface area (Å²) in [7, 11) is -3.41. The Labute approximate surface area is 343 Å². The highest BCUT2D eigenvalue weighted by Gasteiger charge is 2.58. The summed E-state index contributed by atoms with van der Waals surface area (Å²) in [5, 5.41) is 8.36. The lowest BCUT2D eigenvalue weighted by Gasteiger charge is -2.40. The van der Waals surface area contributed by atoms with E-state index in [9.17, 15) is 42.7 Å². The maximum atomic E-state index is 15.0. The van der Waals surface area contributed by atoms with Gasteiger partial charge < -0.3 is 38.9 Å². The third-order valence-electron chi connectivity index (χ3n) is 12.9. The van der Waals surface area contributed by atoms with Crippen LogP contribution < -0.4 is 10.9 Å². The molecule has 15 nitrogen and oxygen atoms in total. The third-order valence-corrected chi connectivity index (χ3v) is 13.8. The van der Waals surface area contributed by atoms with Crippen LogP contribution in [0.25, 0.3) is 21.7 Å². The molecule has 5 atom stereocenters. The van der Waals surface area contributed by atoms with E-state index in [0.29, 0.717) is 47.5 Å². The minimum absolute atomic E-state index is 0.0285. The van der Waals surface area contributed by atoms with Gasteiger partial charge in [-0.05, 0) is 104 Å². The van der Waals surface area contributed by atoms with E-state index in [1.165, 1.54) is 39.8 Å². The number of nitrogens with one attached hydrogen (secondary N) is 1. The van der Waals surface area contributed by atoms with Gasteiger partial charge in [-0.3, -0.25) is 28.5 Å². The number of pyridine rings is 1. The van der Waals surface area contributed by atoms with Crippen LogP contribution in [0.5, 0.6) is 0 Å². The Hall–Kier alpha value is -5.70. The first-order chi connectivity index (χ1) is 28.6. The number of nitrogens with zero attached hydrogens (tertiary/aromatic N) is 5. The Kier molecular flexibility index (Phi) is 9.79. The lowest BCUT2D eigenvalue weighted by molar-refractivity contribution is -0.148. The first kappa shape index (κ1) is 39.7. The van der Waals surface area contributed by atoms with Crippen LogP contribution in [-0.4, -0.2) is 101 Å². The largest absolute Gasteiger partial charge is 0.363 e. The second kappa shape index (κ2) is 14.8. The molecule has 3 aliphatic heterocycles. The molecule has 1 aliphatic carbocycles. The van der Waals surface area contributed by atoms with E-state index in [4.69, 9.17) is 4.52 Å². The summed E-state index contributed by atoms with van der Waals surface area (Å²) in [6, 6.07) is 15.0. The summed E-state index contributed by atoms with van der Waals surface area (Å²) >= 11 is 0. The van der Waals surface area contributed by atoms with Gasteiger partial charge in [-0.15, -0.1) is 0 Å². The number of fused-ring (bicyclic) bond motifs is 3. The van der Waals surface area contributed by atoms with E-state index >= 15 is 0 Å². The molecule has 9 rings (SSSR count). The van der Waals surface area contributed by atoms with Crippen LogP contribution in [0.3, 0.4) is 0 Å². The average molecular weight is 839 g/mol. The van der Waals surface area contributed by atoms with E-state index in [1.54, 1.807) is 42.4 Å². The molecule has 60 heavy (non-hydrogen) atoms. The van der Waals surface area contributed by atoms with E-state index in [-0.39, 0.29) is 52.8 Å². The number of likely N-dealkylation sites (tertiary alicyclic amines) is 1. The number of rotatable bonds is 7. The highest BCUT2D eigenvalue weighted by Crippen LogP contribution is 2.55. The maximum Gasteiger partial charge on any atom is 0.363 e. The van der Waals surface area contributed by atoms with Gasteiger partial charge in [-0.1, -0.05) is 35.0 Å². The Morgan fingerprint density at radius 2 is 1.75 bits per heavy atom. The van der Waals surface area contributed by atoms with Gasteiger partial charge in [0.2, 0.25) is 17.7 Å². The summed E-state index contributed by atoms with van der Waals surface area (Å²) in [6.07, 6.45) is 5.40. The third kappa shape index (κ3) is 7.09. The van der Waals surface area contributed by atoms with Crippen LogP contribution in [0.4, 0.5) is 4.39 Å². The van der Waals surface area contributed by atoms with Crippen molar-refractivity contribution in [3.63, 3.8) is 0 Å². The van der Waals surface area contributed by atoms with E-state index in [2.05, 4.69) is 10.5 Å². The highest BCUT2D eigenvalue weighted by molar-refractivity contribution is 7.51. The minimum atomic E-state index is -5.10. The second-order valence-corrected chi connectivity index (χ2v) is 18.5. The first-order valence-electron chi connectivity index (χ1n) is 20.1. The number of carbonyl (C=O) groups is 4. The molecule has 3 aromatic carbocycles. The fourth-order valence-electron chi connectivity index (χ4n) is 9.47. The predicted molar refractivity (Wildman–Crippen MR) is 217 cm³/mol. The summed E-state index contributed by atoms with van der Waals surface area (Å²) in [5.74, 6) is -4.43. The van der Waals surface area contributed by atoms with Gasteiger partial charge in [0.05, 0.1) is 11.9 Å². The smallest absolute Gasteiger partial charge is 0.355 e. The van der Waals surface area contributed by atoms with E-state index in [1.807, 2.05) is 24.0 Å². The Morgan fingerprint density at radius 3 is 2.50 bits per heavy atom. The summed E-state index contributed by atoms with van der Waals surface area (Å²) in [4.78, 5) is 94.5. The quantitative estimate of drug-likeness (QED) is 0.194. The van der Waals surface area contributed by atoms with Crippen LogP contribution in [0.1, 0.15) is 87.9 Å². The number of hydrogen-bond donors (Lipinski definition) is 3. The van der Waals surface area contributed by atoms with Crippen molar-refractivity contribution in [2.24, 2.45) is 7.05 Å². The van der Waals surface area contributed by atoms with Gasteiger partial charge in [-0.25, -0.2) is 4.39 Å². The number of halogens is 1. The van der Waals surface area contributed by atoms with E-state index in [0.717, 1.165) is 30.4 Å². The van der Waals surface area contributed by atoms with Gasteiger partial charge in [-0.2, -0.15) is 0 Å². The molecule has 0 unspecified atom stereocenters. The van der Waals surface area contributed by atoms with Crippen LogP contribution >= 0.6 is 7.60 Å². The highest BCUT2D eigenvalue weighted by atomic mass is 31.2. The fourth-order valence-corrected chi connectivity index (χ4v) is 10.0. The molecule has 4 amide bonds. The van der Waals surface area contributed by atoms with Crippen LogP contribution in [-0.2, 0) is 21.2 Å². The number of aryl methyl sites for hydroxylation is 2. The van der Waals surface area contributed by atoms with Crippen molar-refractivity contribution in [3.05, 3.63) is 111 Å². The Balaban J connectivity index is 1.02. The molecule has 1 saturated carbocycles. The molecule has 312 valence electrons. The Bertz CT molecular complexity index is 2710. The molecule has 0 bridgehead atoms. The topological polar surface area (TPSA) is 196 Å². The number of carbonyl (C=O) groups excluding carboxylic acids is 4. The first-order valence-corrected chi connectivity index (χ1v) is 21.8. The number of hydrogen-bond acceptors (Lipinski definition) is 8. The average Bonchev–Trinajstić information content (AvgIpc) is 3.50. The molecule has 1 spiro atoms. The number of alkyl halides is 1. The molecule has 5 aromatic rings. The fraction of sp³-hybridized carbons (Fsp3) is 0.395. The molecular formula is C43H44FN6O9P. The summed E-state index contributed by atoms with van der Waals surface area (Å²) in [6.45, 7) is 2.26. The number of amides is 4. The molecule has 0 radical (unpaired) electrons. The molecule has 2 aromatic heterocycles. The van der Waals surface area contributed by atoms with E-state index < -0.39 is 49.4 Å². The monoisotopic (exact) mass is 838 g/mol. The van der Waals surface area contributed by atoms with Crippen molar-refractivity contribution < 1.29 is 42.4 Å². The van der Waals surface area contributed by atoms with Gasteiger partial charge in [0.25, 0.3) is 17.4 Å². The zero-order valence-corrected chi connectivity index (χ0v) is 33.9. The van der Waals surface area contributed by atoms with Crippen molar-refractivity contribution in [2.45, 2.75) is 80.9 Å². The number of benzene rings is 3. The van der Waals surface area contributed by atoms with Crippen molar-refractivity contribution in [2.75, 3.05) is 19.6 Å². The van der Waals surface area contributed by atoms with Gasteiger partial charge in [0.1, 0.15) is 12.1 Å². The minimum Gasteiger partial charge on any atom is -0.355 e. The van der Waals surface area contributed by atoms with Crippen molar-refractivity contribution in [1.29, 1.82) is 0 Å². The van der Waals surface area contributed by atoms with Gasteiger partial charge in [0, 0.05) is 55.5 Å². The molecular weight excluding hydrogens is 794 g/mol. The zero-order valence-electron chi connectivity index (χ0n) is 33.0. The van der Waals surface area contributed by atoms with Crippen molar-refractivity contribution >= 4 is 53.0 Å². The predicted octanol–water partition coefficient (Wildman–Crippen LogP) is 4.69. The van der Waals surface area contributed by atoms with Gasteiger partial charge in [0.15, 0.2) is 11.3 Å². The summed E-state index contributed by atoms with van der Waals surface area (Å²) in [5.41, 5.74) is 1.63.